The fourth-order valence-corrected chi connectivity index (χ4v) is 2.37. The van der Waals surface area contributed by atoms with Crippen molar-refractivity contribution in [3.05, 3.63) is 59.5 Å². The second kappa shape index (κ2) is 10.5. The Balaban J connectivity index is 1.97. The number of benzene rings is 1. The molecule has 7 nitrogen and oxygen atoms in total. The third-order valence-electron chi connectivity index (χ3n) is 4.19. The summed E-state index contributed by atoms with van der Waals surface area (Å²) in [6.07, 6.45) is 1.59. The summed E-state index contributed by atoms with van der Waals surface area (Å²) in [7, 11) is 1.69. The molecule has 0 saturated carbocycles. The Morgan fingerprint density at radius 1 is 1.18 bits per heavy atom. The van der Waals surface area contributed by atoms with Crippen molar-refractivity contribution in [2.75, 3.05) is 20.2 Å². The molecule has 1 aromatic carbocycles. The first-order valence-electron chi connectivity index (χ1n) is 9.40. The lowest BCUT2D eigenvalue weighted by atomic mass is 10.1. The Labute approximate surface area is 166 Å². The van der Waals surface area contributed by atoms with Gasteiger partial charge in [-0.25, -0.2) is 4.99 Å². The molecule has 28 heavy (non-hydrogen) atoms. The number of ether oxygens (including phenoxy) is 1. The van der Waals surface area contributed by atoms with Gasteiger partial charge in [0, 0.05) is 25.8 Å². The number of aliphatic imine (C=N–C) groups is 1. The molecular weight excluding hydrogens is 356 g/mol. The molecule has 2 rings (SSSR count). The van der Waals surface area contributed by atoms with E-state index in [2.05, 4.69) is 20.9 Å². The van der Waals surface area contributed by atoms with E-state index in [4.69, 9.17) is 9.15 Å². The van der Waals surface area contributed by atoms with Crippen LogP contribution in [0.5, 0.6) is 0 Å². The zero-order chi connectivity index (χ0) is 20.4. The summed E-state index contributed by atoms with van der Waals surface area (Å²) >= 11 is 0. The lowest BCUT2D eigenvalue weighted by molar-refractivity contribution is 0.0268. The quantitative estimate of drug-likeness (QED) is 0.456. The Morgan fingerprint density at radius 3 is 2.68 bits per heavy atom. The topological polar surface area (TPSA) is 87.9 Å². The number of amides is 1. The zero-order valence-electron chi connectivity index (χ0n) is 17.0. The van der Waals surface area contributed by atoms with Crippen LogP contribution in [0.1, 0.15) is 42.5 Å². The SMILES string of the molecule is CCNC(=NCc1cccc(C(=O)NCc2ccco2)c1)NCC(C)(C)OC. The molecule has 0 spiro atoms. The molecule has 0 atom stereocenters. The molecule has 1 heterocycles. The van der Waals surface area contributed by atoms with E-state index in [1.165, 1.54) is 0 Å². The molecule has 0 aliphatic heterocycles. The fourth-order valence-electron chi connectivity index (χ4n) is 2.37. The molecule has 0 unspecified atom stereocenters. The number of carbonyl (C=O) groups excluding carboxylic acids is 1. The van der Waals surface area contributed by atoms with Crippen molar-refractivity contribution >= 4 is 11.9 Å². The highest BCUT2D eigenvalue weighted by Gasteiger charge is 2.16. The van der Waals surface area contributed by atoms with Crippen LogP contribution in [0.2, 0.25) is 0 Å². The lowest BCUT2D eigenvalue weighted by Crippen LogP contribution is -2.45. The number of rotatable bonds is 9. The predicted octanol–water partition coefficient (Wildman–Crippen LogP) is 2.69. The third kappa shape index (κ3) is 7.08. The van der Waals surface area contributed by atoms with Gasteiger partial charge in [0.1, 0.15) is 5.76 Å². The minimum absolute atomic E-state index is 0.144. The van der Waals surface area contributed by atoms with Crippen molar-refractivity contribution in [2.45, 2.75) is 39.5 Å². The number of nitrogens with one attached hydrogen (secondary N) is 3. The van der Waals surface area contributed by atoms with Crippen molar-refractivity contribution < 1.29 is 13.9 Å². The van der Waals surface area contributed by atoms with Crippen LogP contribution in [0.25, 0.3) is 0 Å². The van der Waals surface area contributed by atoms with Gasteiger partial charge >= 0.3 is 0 Å². The van der Waals surface area contributed by atoms with Crippen LogP contribution < -0.4 is 16.0 Å². The molecule has 0 aliphatic rings. The van der Waals surface area contributed by atoms with Gasteiger partial charge in [0.2, 0.25) is 0 Å². The van der Waals surface area contributed by atoms with Crippen LogP contribution in [0, 0.1) is 0 Å². The van der Waals surface area contributed by atoms with Gasteiger partial charge in [-0.15, -0.1) is 0 Å². The maximum atomic E-state index is 12.4. The summed E-state index contributed by atoms with van der Waals surface area (Å²) in [6.45, 7) is 8.24. The highest BCUT2D eigenvalue weighted by atomic mass is 16.5. The van der Waals surface area contributed by atoms with Gasteiger partial charge in [-0.2, -0.15) is 0 Å². The van der Waals surface area contributed by atoms with Crippen LogP contribution >= 0.6 is 0 Å². The average molecular weight is 386 g/mol. The molecule has 0 fully saturated rings. The van der Waals surface area contributed by atoms with Crippen LogP contribution in [0.4, 0.5) is 0 Å². The third-order valence-corrected chi connectivity index (χ3v) is 4.19. The second-order valence-electron chi connectivity index (χ2n) is 6.97. The van der Waals surface area contributed by atoms with E-state index >= 15 is 0 Å². The average Bonchev–Trinajstić information content (AvgIpc) is 3.22. The summed E-state index contributed by atoms with van der Waals surface area (Å²) in [4.78, 5) is 17.0. The molecule has 1 aromatic heterocycles. The normalized spacial score (nSPS) is 11.9. The Kier molecular flexibility index (Phi) is 8.07. The number of hydrogen-bond donors (Lipinski definition) is 3. The molecule has 0 bridgehead atoms. The molecule has 2 aromatic rings. The van der Waals surface area contributed by atoms with Gasteiger partial charge in [0.15, 0.2) is 5.96 Å². The predicted molar refractivity (Wildman–Crippen MR) is 110 cm³/mol. The maximum Gasteiger partial charge on any atom is 0.251 e. The van der Waals surface area contributed by atoms with E-state index in [-0.39, 0.29) is 11.5 Å². The Hall–Kier alpha value is -2.80. The van der Waals surface area contributed by atoms with E-state index in [1.54, 1.807) is 25.5 Å². The first-order valence-corrected chi connectivity index (χ1v) is 9.40. The van der Waals surface area contributed by atoms with Crippen molar-refractivity contribution in [2.24, 2.45) is 4.99 Å². The monoisotopic (exact) mass is 386 g/mol. The smallest absolute Gasteiger partial charge is 0.251 e. The maximum absolute atomic E-state index is 12.4. The van der Waals surface area contributed by atoms with Crippen molar-refractivity contribution in [1.82, 2.24) is 16.0 Å². The number of carbonyl (C=O) groups is 1. The van der Waals surface area contributed by atoms with Crippen LogP contribution in [-0.2, 0) is 17.8 Å². The molecule has 1 amide bonds. The number of hydrogen-bond acceptors (Lipinski definition) is 4. The second-order valence-corrected chi connectivity index (χ2v) is 6.97. The van der Waals surface area contributed by atoms with Crippen molar-refractivity contribution in [3.63, 3.8) is 0 Å². The number of methoxy groups -OCH3 is 1. The largest absolute Gasteiger partial charge is 0.467 e. The van der Waals surface area contributed by atoms with Gasteiger partial charge in [-0.1, -0.05) is 12.1 Å². The van der Waals surface area contributed by atoms with Gasteiger partial charge in [0.25, 0.3) is 5.91 Å². The summed E-state index contributed by atoms with van der Waals surface area (Å²) < 4.78 is 10.7. The van der Waals surface area contributed by atoms with Crippen LogP contribution in [-0.4, -0.2) is 37.7 Å². The molecule has 3 N–H and O–H groups in total. The van der Waals surface area contributed by atoms with E-state index < -0.39 is 0 Å². The van der Waals surface area contributed by atoms with Gasteiger partial charge in [-0.3, -0.25) is 4.79 Å². The van der Waals surface area contributed by atoms with Crippen LogP contribution in [0.3, 0.4) is 0 Å². The van der Waals surface area contributed by atoms with Crippen molar-refractivity contribution in [3.8, 4) is 0 Å². The molecule has 0 radical (unpaired) electrons. The van der Waals surface area contributed by atoms with Gasteiger partial charge in [-0.05, 0) is 50.6 Å². The number of nitrogens with zero attached hydrogens (tertiary/aromatic N) is 1. The summed E-state index contributed by atoms with van der Waals surface area (Å²) in [5.74, 6) is 1.28. The number of guanidine groups is 1. The first kappa shape index (κ1) is 21.5. The summed E-state index contributed by atoms with van der Waals surface area (Å²) in [6, 6.07) is 11.1. The highest BCUT2D eigenvalue weighted by Crippen LogP contribution is 2.08. The minimum atomic E-state index is -0.289. The van der Waals surface area contributed by atoms with Gasteiger partial charge < -0.3 is 25.1 Å². The summed E-state index contributed by atoms with van der Waals surface area (Å²) in [5, 5.41) is 9.35. The minimum Gasteiger partial charge on any atom is -0.467 e. The highest BCUT2D eigenvalue weighted by molar-refractivity contribution is 5.94. The van der Waals surface area contributed by atoms with E-state index in [0.29, 0.717) is 31.2 Å². The van der Waals surface area contributed by atoms with E-state index in [0.717, 1.165) is 17.9 Å². The fraction of sp³-hybridized carbons (Fsp3) is 0.429. The molecule has 0 saturated heterocycles. The summed E-state index contributed by atoms with van der Waals surface area (Å²) in [5.41, 5.74) is 1.26. The number of furan rings is 1. The molecule has 152 valence electrons. The molecule has 0 aliphatic carbocycles. The first-order chi connectivity index (χ1) is 13.4. The van der Waals surface area contributed by atoms with Crippen molar-refractivity contribution in [1.29, 1.82) is 0 Å². The zero-order valence-corrected chi connectivity index (χ0v) is 17.0. The molecular formula is C21H30N4O3. The van der Waals surface area contributed by atoms with E-state index in [1.807, 2.05) is 45.0 Å². The van der Waals surface area contributed by atoms with Gasteiger partial charge in [0.05, 0.1) is 25.0 Å². The Morgan fingerprint density at radius 2 is 2.00 bits per heavy atom. The Bertz CT molecular complexity index is 770. The molecule has 7 heteroatoms. The lowest BCUT2D eigenvalue weighted by Gasteiger charge is -2.24. The van der Waals surface area contributed by atoms with E-state index in [9.17, 15) is 4.79 Å². The standard InChI is InChI=1S/C21H30N4O3/c1-5-22-20(25-15-21(2,3)27-4)24-13-16-8-6-9-17(12-16)19(26)23-14-18-10-7-11-28-18/h6-12H,5,13-15H2,1-4H3,(H,23,26)(H2,22,24,25). The van der Waals surface area contributed by atoms with Crippen LogP contribution in [0.15, 0.2) is 52.1 Å².